The van der Waals surface area contributed by atoms with Crippen LogP contribution in [-0.2, 0) is 14.3 Å². The number of aliphatic hydroxyl groups excluding tert-OH is 2. The van der Waals surface area contributed by atoms with Crippen LogP contribution in [0.25, 0.3) is 0 Å². The van der Waals surface area contributed by atoms with Crippen molar-refractivity contribution < 1.29 is 24.5 Å². The van der Waals surface area contributed by atoms with Crippen molar-refractivity contribution in [3.8, 4) is 0 Å². The Balaban J connectivity index is 3.52. The molecule has 1 amide bonds. The lowest BCUT2D eigenvalue weighted by atomic mass is 10.1. The summed E-state index contributed by atoms with van der Waals surface area (Å²) in [5, 5.41) is 23.0. The van der Waals surface area contributed by atoms with Crippen LogP contribution in [0, 0.1) is 0 Å². The number of carbonyl (C=O) groups is 2. The lowest BCUT2D eigenvalue weighted by Crippen LogP contribution is -2.45. The summed E-state index contributed by atoms with van der Waals surface area (Å²) in [6, 6.07) is -0.639. The highest BCUT2D eigenvalue weighted by Crippen LogP contribution is 2.14. The summed E-state index contributed by atoms with van der Waals surface area (Å²) in [6.45, 7) is 4.81. The van der Waals surface area contributed by atoms with Gasteiger partial charge in [-0.15, -0.1) is 0 Å². The summed E-state index contributed by atoms with van der Waals surface area (Å²) in [6.07, 6.45) is 59.6. The van der Waals surface area contributed by atoms with Crippen LogP contribution in [0.5, 0.6) is 0 Å². The molecule has 0 spiro atoms. The summed E-state index contributed by atoms with van der Waals surface area (Å²) >= 11 is 0. The fourth-order valence-corrected chi connectivity index (χ4v) is 7.36. The van der Waals surface area contributed by atoms with Crippen LogP contribution >= 0.6 is 0 Å². The Bertz CT molecular complexity index is 1000. The molecule has 0 aliphatic rings. The molecule has 59 heavy (non-hydrogen) atoms. The number of nitrogens with one attached hydrogen (secondary N) is 1. The van der Waals surface area contributed by atoms with E-state index in [-0.39, 0.29) is 18.5 Å². The average Bonchev–Trinajstić information content (AvgIpc) is 3.24. The number of hydrogen-bond donors (Lipinski definition) is 3. The number of ether oxygens (including phenoxy) is 1. The zero-order chi connectivity index (χ0) is 43.0. The first-order chi connectivity index (χ1) is 29.0. The standard InChI is InChI=1S/C53H97NO5/c1-3-5-7-9-11-13-15-17-19-23-27-31-35-39-43-47-53(58)59-48-44-40-36-32-28-24-21-18-20-22-26-30-34-38-42-46-52(57)54-50(49-55)51(56)45-41-37-33-29-25-16-14-12-10-8-6-4-2/h11,13,17,19,21,24,41,45,50-51,55-56H,3-10,12,14-16,18,20,22-23,25-40,42-44,46-49H2,1-2H3,(H,54,57)/b13-11-,19-17-,24-21-,45-41+. The molecular weight excluding hydrogens is 731 g/mol. The Kier molecular flexibility index (Phi) is 46.7. The van der Waals surface area contributed by atoms with Crippen LogP contribution in [0.3, 0.4) is 0 Å². The van der Waals surface area contributed by atoms with Gasteiger partial charge in [-0.25, -0.2) is 0 Å². The van der Waals surface area contributed by atoms with Crippen LogP contribution in [0.1, 0.15) is 251 Å². The highest BCUT2D eigenvalue weighted by molar-refractivity contribution is 5.76. The van der Waals surface area contributed by atoms with Crippen molar-refractivity contribution in [2.75, 3.05) is 13.2 Å². The third-order valence-corrected chi connectivity index (χ3v) is 11.3. The summed E-state index contributed by atoms with van der Waals surface area (Å²) in [5.41, 5.74) is 0. The Morgan fingerprint density at radius 1 is 0.475 bits per heavy atom. The predicted octanol–water partition coefficient (Wildman–Crippen LogP) is 15.1. The number of aliphatic hydroxyl groups is 2. The van der Waals surface area contributed by atoms with Gasteiger partial charge in [-0.2, -0.15) is 0 Å². The Morgan fingerprint density at radius 3 is 1.34 bits per heavy atom. The molecule has 0 aromatic heterocycles. The maximum Gasteiger partial charge on any atom is 0.305 e. The van der Waals surface area contributed by atoms with E-state index in [1.807, 2.05) is 6.08 Å². The second-order valence-corrected chi connectivity index (χ2v) is 17.1. The van der Waals surface area contributed by atoms with E-state index in [0.717, 1.165) is 83.5 Å². The molecule has 6 nitrogen and oxygen atoms in total. The van der Waals surface area contributed by atoms with Crippen molar-refractivity contribution in [2.24, 2.45) is 0 Å². The largest absolute Gasteiger partial charge is 0.466 e. The lowest BCUT2D eigenvalue weighted by molar-refractivity contribution is -0.143. The summed E-state index contributed by atoms with van der Waals surface area (Å²) in [4.78, 5) is 24.4. The smallest absolute Gasteiger partial charge is 0.305 e. The van der Waals surface area contributed by atoms with Crippen molar-refractivity contribution in [2.45, 2.75) is 264 Å². The number of hydrogen-bond acceptors (Lipinski definition) is 5. The quantitative estimate of drug-likeness (QED) is 0.0323. The molecule has 0 aromatic carbocycles. The van der Waals surface area contributed by atoms with Crippen LogP contribution in [0.2, 0.25) is 0 Å². The first kappa shape index (κ1) is 56.8. The second kappa shape index (κ2) is 48.5. The summed E-state index contributed by atoms with van der Waals surface area (Å²) in [7, 11) is 0. The molecule has 0 aliphatic carbocycles. The Labute approximate surface area is 366 Å². The van der Waals surface area contributed by atoms with Gasteiger partial charge in [0.25, 0.3) is 0 Å². The van der Waals surface area contributed by atoms with E-state index in [4.69, 9.17) is 4.74 Å². The molecule has 0 heterocycles. The molecule has 0 aliphatic heterocycles. The fourth-order valence-electron chi connectivity index (χ4n) is 7.36. The lowest BCUT2D eigenvalue weighted by Gasteiger charge is -2.20. The molecule has 344 valence electrons. The van der Waals surface area contributed by atoms with Gasteiger partial charge in [0.2, 0.25) is 5.91 Å². The van der Waals surface area contributed by atoms with Crippen LogP contribution in [0.15, 0.2) is 48.6 Å². The molecule has 0 rings (SSSR count). The monoisotopic (exact) mass is 828 g/mol. The van der Waals surface area contributed by atoms with Gasteiger partial charge in [0.1, 0.15) is 0 Å². The van der Waals surface area contributed by atoms with Gasteiger partial charge < -0.3 is 20.3 Å². The first-order valence-electron chi connectivity index (χ1n) is 25.4. The van der Waals surface area contributed by atoms with E-state index in [9.17, 15) is 19.8 Å². The van der Waals surface area contributed by atoms with E-state index < -0.39 is 12.1 Å². The highest BCUT2D eigenvalue weighted by atomic mass is 16.5. The third kappa shape index (κ3) is 45.2. The van der Waals surface area contributed by atoms with Crippen molar-refractivity contribution in [1.82, 2.24) is 5.32 Å². The van der Waals surface area contributed by atoms with Gasteiger partial charge in [-0.1, -0.05) is 197 Å². The van der Waals surface area contributed by atoms with E-state index in [0.29, 0.717) is 19.4 Å². The van der Waals surface area contributed by atoms with Crippen molar-refractivity contribution in [3.63, 3.8) is 0 Å². The van der Waals surface area contributed by atoms with Crippen LogP contribution in [-0.4, -0.2) is 47.4 Å². The van der Waals surface area contributed by atoms with Gasteiger partial charge >= 0.3 is 5.97 Å². The van der Waals surface area contributed by atoms with E-state index in [1.54, 1.807) is 6.08 Å². The number of amides is 1. The maximum absolute atomic E-state index is 12.4. The topological polar surface area (TPSA) is 95.9 Å². The van der Waals surface area contributed by atoms with Crippen molar-refractivity contribution in [1.29, 1.82) is 0 Å². The molecule has 0 fully saturated rings. The molecule has 0 radical (unpaired) electrons. The third-order valence-electron chi connectivity index (χ3n) is 11.3. The van der Waals surface area contributed by atoms with Gasteiger partial charge in [0.15, 0.2) is 0 Å². The minimum Gasteiger partial charge on any atom is -0.466 e. The molecule has 3 N–H and O–H groups in total. The molecule has 6 heteroatoms. The Morgan fingerprint density at radius 2 is 0.847 bits per heavy atom. The van der Waals surface area contributed by atoms with Gasteiger partial charge in [-0.05, 0) is 89.9 Å². The average molecular weight is 828 g/mol. The van der Waals surface area contributed by atoms with Gasteiger partial charge in [0, 0.05) is 12.8 Å². The number of rotatable bonds is 46. The van der Waals surface area contributed by atoms with E-state index in [2.05, 4.69) is 55.6 Å². The SMILES string of the molecule is CCCCC/C=C\C/C=C\CCCCCCCC(=O)OCCCCCC/C=C\CCCCCCCCCC(=O)NC(CO)C(O)/C=C/CCCCCCCCCCCC. The van der Waals surface area contributed by atoms with Crippen molar-refractivity contribution >= 4 is 11.9 Å². The van der Waals surface area contributed by atoms with Crippen LogP contribution < -0.4 is 5.32 Å². The molecular formula is C53H97NO5. The predicted molar refractivity (Wildman–Crippen MR) is 255 cm³/mol. The molecule has 2 atom stereocenters. The fraction of sp³-hybridized carbons (Fsp3) is 0.811. The zero-order valence-corrected chi connectivity index (χ0v) is 39.0. The number of carbonyl (C=O) groups excluding carboxylic acids is 2. The van der Waals surface area contributed by atoms with Crippen molar-refractivity contribution in [3.05, 3.63) is 48.6 Å². The number of allylic oxidation sites excluding steroid dienone is 7. The summed E-state index contributed by atoms with van der Waals surface area (Å²) < 4.78 is 5.44. The molecule has 0 bridgehead atoms. The number of esters is 1. The van der Waals surface area contributed by atoms with E-state index in [1.165, 1.54) is 141 Å². The van der Waals surface area contributed by atoms with Crippen LogP contribution in [0.4, 0.5) is 0 Å². The number of unbranched alkanes of at least 4 members (excludes halogenated alkanes) is 29. The normalized spacial score (nSPS) is 13.1. The van der Waals surface area contributed by atoms with Gasteiger partial charge in [-0.3, -0.25) is 9.59 Å². The molecule has 0 saturated carbocycles. The minimum absolute atomic E-state index is 0.0263. The minimum atomic E-state index is -0.854. The maximum atomic E-state index is 12.4. The molecule has 0 aromatic rings. The van der Waals surface area contributed by atoms with E-state index >= 15 is 0 Å². The summed E-state index contributed by atoms with van der Waals surface area (Å²) in [5.74, 6) is -0.112. The Hall–Kier alpha value is -2.18. The second-order valence-electron chi connectivity index (χ2n) is 17.1. The highest BCUT2D eigenvalue weighted by Gasteiger charge is 2.18. The van der Waals surface area contributed by atoms with Gasteiger partial charge in [0.05, 0.1) is 25.4 Å². The molecule has 2 unspecified atom stereocenters. The molecule has 0 saturated heterocycles. The zero-order valence-electron chi connectivity index (χ0n) is 39.0. The first-order valence-corrected chi connectivity index (χ1v) is 25.4.